The molecule has 1 atom stereocenters. The number of anilines is 1. The number of nitrogens with one attached hydrogen (secondary N) is 1. The minimum absolute atomic E-state index is 0.129. The predicted octanol–water partition coefficient (Wildman–Crippen LogP) is 3.49. The highest BCUT2D eigenvalue weighted by molar-refractivity contribution is 6.26. The molecule has 0 aromatic heterocycles. The van der Waals surface area contributed by atoms with Crippen molar-refractivity contribution >= 4 is 34.2 Å². The van der Waals surface area contributed by atoms with Gasteiger partial charge in [0.05, 0.1) is 5.69 Å². The van der Waals surface area contributed by atoms with Crippen molar-refractivity contribution < 1.29 is 18.8 Å². The second kappa shape index (κ2) is 8.78. The number of hydrogen-bond donors (Lipinski definition) is 1. The fourth-order valence-corrected chi connectivity index (χ4v) is 4.23. The number of nitrogens with zero attached hydrogens (tertiary/aromatic N) is 2. The molecule has 1 N–H and O–H groups in total. The van der Waals surface area contributed by atoms with Crippen LogP contribution in [-0.4, -0.2) is 42.3 Å². The maximum absolute atomic E-state index is 13.5. The molecule has 7 heteroatoms. The van der Waals surface area contributed by atoms with Crippen LogP contribution in [0.4, 0.5) is 10.1 Å². The minimum Gasteiger partial charge on any atom is -0.357 e. The molecule has 4 rings (SSSR count). The predicted molar refractivity (Wildman–Crippen MR) is 121 cm³/mol. The summed E-state index contributed by atoms with van der Waals surface area (Å²) < 4.78 is 13.4. The summed E-state index contributed by atoms with van der Waals surface area (Å²) in [6, 6.07) is 16.2. The van der Waals surface area contributed by atoms with Gasteiger partial charge in [-0.3, -0.25) is 19.3 Å². The molecule has 3 aromatic carbocycles. The van der Waals surface area contributed by atoms with E-state index in [-0.39, 0.29) is 36.6 Å². The standard InChI is InChI=1S/C25H24FN3O3/c1-3-20(24(31)27-2)28(14-16-10-12-18(26)13-11-16)22(30)15-29-21-9-5-7-17-6-4-8-19(23(17)21)25(29)32/h4-13,20H,3,14-15H2,1-2H3,(H,27,31). The summed E-state index contributed by atoms with van der Waals surface area (Å²) in [5.41, 5.74) is 1.95. The van der Waals surface area contributed by atoms with Crippen molar-refractivity contribution in [1.82, 2.24) is 10.2 Å². The molecule has 32 heavy (non-hydrogen) atoms. The number of rotatable bonds is 7. The van der Waals surface area contributed by atoms with Gasteiger partial charge in [0.15, 0.2) is 0 Å². The van der Waals surface area contributed by atoms with Gasteiger partial charge in [0.1, 0.15) is 18.4 Å². The Hall–Kier alpha value is -3.74. The number of likely N-dealkylation sites (N-methyl/N-ethyl adjacent to an activating group) is 1. The van der Waals surface area contributed by atoms with Gasteiger partial charge in [-0.25, -0.2) is 4.39 Å². The topological polar surface area (TPSA) is 69.7 Å². The van der Waals surface area contributed by atoms with E-state index in [4.69, 9.17) is 0 Å². The van der Waals surface area contributed by atoms with E-state index in [9.17, 15) is 18.8 Å². The molecule has 0 fully saturated rings. The van der Waals surface area contributed by atoms with Crippen molar-refractivity contribution in [2.45, 2.75) is 25.9 Å². The average molecular weight is 433 g/mol. The maximum atomic E-state index is 13.5. The van der Waals surface area contributed by atoms with Crippen molar-refractivity contribution in [3.05, 3.63) is 77.6 Å². The first-order valence-electron chi connectivity index (χ1n) is 10.5. The quantitative estimate of drug-likeness (QED) is 0.620. The molecule has 0 aliphatic carbocycles. The molecule has 0 saturated carbocycles. The van der Waals surface area contributed by atoms with Crippen LogP contribution in [0, 0.1) is 5.82 Å². The number of amides is 3. The molecule has 6 nitrogen and oxygen atoms in total. The number of carbonyl (C=O) groups excluding carboxylic acids is 3. The van der Waals surface area contributed by atoms with Crippen LogP contribution in [0.2, 0.25) is 0 Å². The summed E-state index contributed by atoms with van der Waals surface area (Å²) in [5.74, 6) is -1.26. The SMILES string of the molecule is CCC(C(=O)NC)N(Cc1ccc(F)cc1)C(=O)CN1C(=O)c2cccc3cccc1c23. The smallest absolute Gasteiger partial charge is 0.259 e. The van der Waals surface area contributed by atoms with Crippen LogP contribution in [-0.2, 0) is 16.1 Å². The van der Waals surface area contributed by atoms with Crippen molar-refractivity contribution in [2.24, 2.45) is 0 Å². The zero-order valence-corrected chi connectivity index (χ0v) is 18.0. The van der Waals surface area contributed by atoms with Crippen molar-refractivity contribution in [3.63, 3.8) is 0 Å². The first-order valence-corrected chi connectivity index (χ1v) is 10.5. The van der Waals surface area contributed by atoms with Crippen LogP contribution in [0.1, 0.15) is 29.3 Å². The van der Waals surface area contributed by atoms with Gasteiger partial charge in [0.2, 0.25) is 11.8 Å². The van der Waals surface area contributed by atoms with E-state index in [0.29, 0.717) is 23.2 Å². The molecule has 1 aliphatic heterocycles. The third kappa shape index (κ3) is 3.82. The highest BCUT2D eigenvalue weighted by Gasteiger charge is 2.34. The minimum atomic E-state index is -0.714. The molecule has 1 heterocycles. The van der Waals surface area contributed by atoms with Gasteiger partial charge >= 0.3 is 0 Å². The van der Waals surface area contributed by atoms with Gasteiger partial charge in [0.25, 0.3) is 5.91 Å². The van der Waals surface area contributed by atoms with E-state index in [1.807, 2.05) is 37.3 Å². The van der Waals surface area contributed by atoms with E-state index in [0.717, 1.165) is 10.8 Å². The monoisotopic (exact) mass is 433 g/mol. The zero-order valence-electron chi connectivity index (χ0n) is 18.0. The second-order valence-electron chi connectivity index (χ2n) is 7.76. The van der Waals surface area contributed by atoms with Crippen LogP contribution in [0.3, 0.4) is 0 Å². The Morgan fingerprint density at radius 1 is 1.06 bits per heavy atom. The lowest BCUT2D eigenvalue weighted by Gasteiger charge is -2.31. The molecule has 0 bridgehead atoms. The van der Waals surface area contributed by atoms with E-state index in [2.05, 4.69) is 5.32 Å². The molecule has 1 unspecified atom stereocenters. The summed E-state index contributed by atoms with van der Waals surface area (Å²) >= 11 is 0. The van der Waals surface area contributed by atoms with Gasteiger partial charge in [0, 0.05) is 24.5 Å². The third-order valence-corrected chi connectivity index (χ3v) is 5.84. The van der Waals surface area contributed by atoms with Gasteiger partial charge < -0.3 is 10.2 Å². The normalized spacial score (nSPS) is 13.3. The average Bonchev–Trinajstić information content (AvgIpc) is 3.08. The highest BCUT2D eigenvalue weighted by Crippen LogP contribution is 2.37. The van der Waals surface area contributed by atoms with Gasteiger partial charge in [-0.1, -0.05) is 43.3 Å². The van der Waals surface area contributed by atoms with Crippen molar-refractivity contribution in [3.8, 4) is 0 Å². The van der Waals surface area contributed by atoms with Crippen LogP contribution in [0.5, 0.6) is 0 Å². The molecule has 0 spiro atoms. The Morgan fingerprint density at radius 2 is 1.75 bits per heavy atom. The molecule has 0 radical (unpaired) electrons. The Kier molecular flexibility index (Phi) is 5.90. The van der Waals surface area contributed by atoms with Crippen LogP contribution >= 0.6 is 0 Å². The van der Waals surface area contributed by atoms with Gasteiger partial charge in [-0.2, -0.15) is 0 Å². The first kappa shape index (κ1) is 21.5. The molecule has 3 amide bonds. The molecule has 164 valence electrons. The molecule has 3 aromatic rings. The van der Waals surface area contributed by atoms with Crippen LogP contribution < -0.4 is 10.2 Å². The van der Waals surface area contributed by atoms with E-state index in [1.165, 1.54) is 29.0 Å². The number of benzene rings is 3. The summed E-state index contributed by atoms with van der Waals surface area (Å²) in [7, 11) is 1.52. The second-order valence-corrected chi connectivity index (χ2v) is 7.76. The van der Waals surface area contributed by atoms with E-state index in [1.54, 1.807) is 18.2 Å². The molecular formula is C25H24FN3O3. The number of carbonyl (C=O) groups is 3. The van der Waals surface area contributed by atoms with Gasteiger partial charge in [-0.05, 0) is 41.6 Å². The lowest BCUT2D eigenvalue weighted by Crippen LogP contribution is -2.51. The van der Waals surface area contributed by atoms with Crippen LogP contribution in [0.15, 0.2) is 60.7 Å². The molecule has 1 aliphatic rings. The highest BCUT2D eigenvalue weighted by atomic mass is 19.1. The van der Waals surface area contributed by atoms with Crippen molar-refractivity contribution in [2.75, 3.05) is 18.5 Å². The lowest BCUT2D eigenvalue weighted by atomic mass is 10.1. The Bertz CT molecular complexity index is 1190. The molecular weight excluding hydrogens is 409 g/mol. The fourth-order valence-electron chi connectivity index (χ4n) is 4.23. The Labute approximate surface area is 185 Å². The summed E-state index contributed by atoms with van der Waals surface area (Å²) in [5, 5.41) is 4.37. The first-order chi connectivity index (χ1) is 15.4. The largest absolute Gasteiger partial charge is 0.357 e. The lowest BCUT2D eigenvalue weighted by molar-refractivity contribution is -0.140. The third-order valence-electron chi connectivity index (χ3n) is 5.84. The van der Waals surface area contributed by atoms with Gasteiger partial charge in [-0.15, -0.1) is 0 Å². The number of hydrogen-bond acceptors (Lipinski definition) is 3. The Balaban J connectivity index is 1.65. The molecule has 0 saturated heterocycles. The maximum Gasteiger partial charge on any atom is 0.259 e. The fraction of sp³-hybridized carbons (Fsp3) is 0.240. The number of halogens is 1. The van der Waals surface area contributed by atoms with Crippen LogP contribution in [0.25, 0.3) is 10.8 Å². The summed E-state index contributed by atoms with van der Waals surface area (Å²) in [6.07, 6.45) is 0.399. The van der Waals surface area contributed by atoms with Crippen molar-refractivity contribution in [1.29, 1.82) is 0 Å². The van der Waals surface area contributed by atoms with E-state index >= 15 is 0 Å². The van der Waals surface area contributed by atoms with E-state index < -0.39 is 6.04 Å². The Morgan fingerprint density at radius 3 is 2.41 bits per heavy atom. The summed E-state index contributed by atoms with van der Waals surface area (Å²) in [6.45, 7) is 1.76. The summed E-state index contributed by atoms with van der Waals surface area (Å²) in [4.78, 5) is 42.0. The zero-order chi connectivity index (χ0) is 22.8.